The van der Waals surface area contributed by atoms with Gasteiger partial charge < -0.3 is 15.9 Å². The third kappa shape index (κ3) is 1.17. The molecule has 0 radical (unpaired) electrons. The maximum Gasteiger partial charge on any atom is 0.0596 e. The summed E-state index contributed by atoms with van der Waals surface area (Å²) in [4.78, 5) is 0. The molecule has 6 atom stereocenters. The van der Waals surface area contributed by atoms with Gasteiger partial charge >= 0.3 is 0 Å². The zero-order chi connectivity index (χ0) is 10.6. The van der Waals surface area contributed by atoms with Gasteiger partial charge in [-0.25, -0.2) is 0 Å². The van der Waals surface area contributed by atoms with Crippen molar-refractivity contribution in [2.75, 3.05) is 6.61 Å². The molecule has 0 saturated heterocycles. The predicted molar refractivity (Wildman–Crippen MR) is 57.1 cm³/mol. The van der Waals surface area contributed by atoms with Crippen molar-refractivity contribution in [3.63, 3.8) is 0 Å². The molecule has 0 amide bonds. The van der Waals surface area contributed by atoms with Gasteiger partial charge in [0.15, 0.2) is 0 Å². The average molecular weight is 211 g/mol. The van der Waals surface area contributed by atoms with Crippen molar-refractivity contribution in [1.29, 1.82) is 0 Å². The third-order valence-corrected chi connectivity index (χ3v) is 5.47. The van der Waals surface area contributed by atoms with Crippen molar-refractivity contribution in [2.45, 2.75) is 44.2 Å². The van der Waals surface area contributed by atoms with Gasteiger partial charge in [0, 0.05) is 18.6 Å². The fourth-order valence-electron chi connectivity index (χ4n) is 4.66. The Morgan fingerprint density at radius 1 is 1.27 bits per heavy atom. The van der Waals surface area contributed by atoms with E-state index in [1.54, 1.807) is 0 Å². The first-order valence-corrected chi connectivity index (χ1v) is 6.22. The van der Waals surface area contributed by atoms with E-state index in [9.17, 15) is 10.2 Å². The van der Waals surface area contributed by atoms with Gasteiger partial charge in [0.05, 0.1) is 6.10 Å². The highest BCUT2D eigenvalue weighted by atomic mass is 16.3. The summed E-state index contributed by atoms with van der Waals surface area (Å²) in [5.74, 6) is 1.50. The molecule has 86 valence electrons. The Kier molecular flexibility index (Phi) is 2.14. The molecule has 4 N–H and O–H groups in total. The highest BCUT2D eigenvalue weighted by molar-refractivity contribution is 5.13. The van der Waals surface area contributed by atoms with E-state index in [4.69, 9.17) is 5.73 Å². The monoisotopic (exact) mass is 211 g/mol. The van der Waals surface area contributed by atoms with Crippen LogP contribution in [0.4, 0.5) is 0 Å². The molecule has 3 aliphatic carbocycles. The zero-order valence-corrected chi connectivity index (χ0v) is 9.10. The highest BCUT2D eigenvalue weighted by Crippen LogP contribution is 2.62. The average Bonchev–Trinajstić information content (AvgIpc) is 2.85. The molecule has 0 aromatic carbocycles. The van der Waals surface area contributed by atoms with Crippen molar-refractivity contribution in [3.8, 4) is 0 Å². The summed E-state index contributed by atoms with van der Waals surface area (Å²) in [7, 11) is 0. The fourth-order valence-corrected chi connectivity index (χ4v) is 4.66. The van der Waals surface area contributed by atoms with Crippen LogP contribution in [0, 0.1) is 23.2 Å². The third-order valence-electron chi connectivity index (χ3n) is 5.47. The van der Waals surface area contributed by atoms with E-state index in [0.717, 1.165) is 18.8 Å². The van der Waals surface area contributed by atoms with Gasteiger partial charge in [0.25, 0.3) is 0 Å². The van der Waals surface area contributed by atoms with E-state index in [-0.39, 0.29) is 30.1 Å². The topological polar surface area (TPSA) is 66.5 Å². The Labute approximate surface area is 90.7 Å². The molecule has 3 nitrogen and oxygen atoms in total. The van der Waals surface area contributed by atoms with Crippen LogP contribution in [0.25, 0.3) is 0 Å². The summed E-state index contributed by atoms with van der Waals surface area (Å²) in [5, 5.41) is 19.2. The van der Waals surface area contributed by atoms with Crippen molar-refractivity contribution < 1.29 is 10.2 Å². The standard InChI is InChI=1S/C12H21NO2/c13-11-7-1-2-9(3-7)12(11)4-8(6-14)10(15)5-12/h7-11,14-15H,1-6,13H2/t7-,8+,9+,10-,11+,12?/m0/s1. The Hall–Kier alpha value is -0.120. The predicted octanol–water partition coefficient (Wildman–Crippen LogP) is 0.493. The van der Waals surface area contributed by atoms with Crippen LogP contribution < -0.4 is 5.73 Å². The summed E-state index contributed by atoms with van der Waals surface area (Å²) in [6, 6.07) is 0.280. The van der Waals surface area contributed by atoms with Crippen LogP contribution in [0.3, 0.4) is 0 Å². The minimum Gasteiger partial charge on any atom is -0.396 e. The number of hydrogen-bond donors (Lipinski definition) is 3. The van der Waals surface area contributed by atoms with E-state index < -0.39 is 0 Å². The minimum absolute atomic E-state index is 0.0791. The van der Waals surface area contributed by atoms with Crippen LogP contribution in [0.1, 0.15) is 32.1 Å². The normalized spacial score (nSPS) is 58.2. The Morgan fingerprint density at radius 3 is 2.60 bits per heavy atom. The van der Waals surface area contributed by atoms with E-state index in [2.05, 4.69) is 0 Å². The quantitative estimate of drug-likeness (QED) is 0.591. The molecule has 0 aromatic heterocycles. The lowest BCUT2D eigenvalue weighted by molar-refractivity contribution is 0.0851. The van der Waals surface area contributed by atoms with Crippen molar-refractivity contribution in [1.82, 2.24) is 0 Å². The first-order valence-electron chi connectivity index (χ1n) is 6.22. The first-order chi connectivity index (χ1) is 7.17. The van der Waals surface area contributed by atoms with Gasteiger partial charge in [-0.3, -0.25) is 0 Å². The molecule has 0 aromatic rings. The molecule has 0 aliphatic heterocycles. The largest absolute Gasteiger partial charge is 0.396 e. The van der Waals surface area contributed by atoms with Crippen LogP contribution in [0.5, 0.6) is 0 Å². The molecule has 0 heterocycles. The maximum atomic E-state index is 9.94. The van der Waals surface area contributed by atoms with Gasteiger partial charge in [-0.1, -0.05) is 0 Å². The lowest BCUT2D eigenvalue weighted by atomic mass is 9.68. The molecule has 3 saturated carbocycles. The summed E-state index contributed by atoms with van der Waals surface area (Å²) in [5.41, 5.74) is 6.52. The van der Waals surface area contributed by atoms with Gasteiger partial charge in [-0.05, 0) is 49.4 Å². The Bertz CT molecular complexity index is 266. The van der Waals surface area contributed by atoms with Crippen LogP contribution in [0.2, 0.25) is 0 Å². The van der Waals surface area contributed by atoms with E-state index in [0.29, 0.717) is 5.92 Å². The lowest BCUT2D eigenvalue weighted by Gasteiger charge is -2.39. The van der Waals surface area contributed by atoms with Crippen molar-refractivity contribution in [2.24, 2.45) is 28.9 Å². The highest BCUT2D eigenvalue weighted by Gasteiger charge is 2.60. The van der Waals surface area contributed by atoms with E-state index in [1.165, 1.54) is 19.3 Å². The number of aliphatic hydroxyl groups is 2. The number of nitrogens with two attached hydrogens (primary N) is 1. The molecule has 3 fully saturated rings. The second-order valence-electron chi connectivity index (χ2n) is 5.95. The van der Waals surface area contributed by atoms with E-state index >= 15 is 0 Å². The smallest absolute Gasteiger partial charge is 0.0596 e. The Morgan fingerprint density at radius 2 is 2.07 bits per heavy atom. The molecule has 3 heteroatoms. The minimum atomic E-state index is -0.319. The molecular weight excluding hydrogens is 190 g/mol. The molecule has 3 rings (SSSR count). The molecular formula is C12H21NO2. The number of hydrogen-bond acceptors (Lipinski definition) is 3. The summed E-state index contributed by atoms with van der Waals surface area (Å²) >= 11 is 0. The second kappa shape index (κ2) is 3.19. The molecule has 2 bridgehead atoms. The molecule has 1 spiro atoms. The van der Waals surface area contributed by atoms with Gasteiger partial charge in [0.1, 0.15) is 0 Å². The molecule has 1 unspecified atom stereocenters. The van der Waals surface area contributed by atoms with Crippen LogP contribution in [0.15, 0.2) is 0 Å². The lowest BCUT2D eigenvalue weighted by Crippen LogP contribution is -2.45. The van der Waals surface area contributed by atoms with Gasteiger partial charge in [-0.15, -0.1) is 0 Å². The van der Waals surface area contributed by atoms with Crippen LogP contribution in [-0.2, 0) is 0 Å². The second-order valence-corrected chi connectivity index (χ2v) is 5.95. The van der Waals surface area contributed by atoms with Gasteiger partial charge in [-0.2, -0.15) is 0 Å². The number of fused-ring (bicyclic) bond motifs is 3. The number of aliphatic hydroxyl groups excluding tert-OH is 2. The van der Waals surface area contributed by atoms with Crippen molar-refractivity contribution in [3.05, 3.63) is 0 Å². The maximum absolute atomic E-state index is 9.94. The van der Waals surface area contributed by atoms with Gasteiger partial charge in [0.2, 0.25) is 0 Å². The summed E-state index contributed by atoms with van der Waals surface area (Å²) < 4.78 is 0. The fraction of sp³-hybridized carbons (Fsp3) is 1.00. The molecule has 3 aliphatic rings. The SMILES string of the molecule is N[C@@H]1[C@H]2CC[C@H](C2)C12C[C@H](CO)[C@@H](O)C2. The zero-order valence-electron chi connectivity index (χ0n) is 9.10. The summed E-state index contributed by atoms with van der Waals surface area (Å²) in [6.45, 7) is 0.118. The van der Waals surface area contributed by atoms with Crippen molar-refractivity contribution >= 4 is 0 Å². The molecule has 15 heavy (non-hydrogen) atoms. The van der Waals surface area contributed by atoms with E-state index in [1.807, 2.05) is 0 Å². The first kappa shape index (κ1) is 10.1. The van der Waals surface area contributed by atoms with Crippen LogP contribution >= 0.6 is 0 Å². The van der Waals surface area contributed by atoms with Crippen LogP contribution in [-0.4, -0.2) is 29.0 Å². The number of rotatable bonds is 1. The summed E-state index contributed by atoms with van der Waals surface area (Å²) in [6.07, 6.45) is 5.32. The Balaban J connectivity index is 1.86.